The summed E-state index contributed by atoms with van der Waals surface area (Å²) in [5.41, 5.74) is 0.880. The number of oxazole rings is 1. The molecule has 3 aromatic rings. The lowest BCUT2D eigenvalue weighted by molar-refractivity contribution is -0.0360. The number of nitrogens with zero attached hydrogens (tertiary/aromatic N) is 6. The van der Waals surface area contributed by atoms with Crippen LogP contribution < -0.4 is 0 Å². The molecule has 0 radical (unpaired) electrons. The van der Waals surface area contributed by atoms with E-state index in [-0.39, 0.29) is 17.6 Å². The Morgan fingerprint density at radius 2 is 2.32 bits per heavy atom. The van der Waals surface area contributed by atoms with E-state index >= 15 is 0 Å². The van der Waals surface area contributed by atoms with Crippen molar-refractivity contribution >= 4 is 5.91 Å². The van der Waals surface area contributed by atoms with E-state index in [1.54, 1.807) is 28.9 Å². The lowest BCUT2D eigenvalue weighted by Gasteiger charge is -2.42. The van der Waals surface area contributed by atoms with Crippen molar-refractivity contribution in [1.82, 2.24) is 29.9 Å². The standard InChI is InChI=1S/C16H16N6O3/c1-10-13(23)8-21(10)16(24)12-9-25-15(18-12)6-11-7-22(20-19-11)14-4-2-3-5-17-14/h2-5,7,9-10,13,23H,6,8H2,1H3/t10-,13-/m0/s1. The second-order valence-electron chi connectivity index (χ2n) is 5.91. The van der Waals surface area contributed by atoms with Crippen LogP contribution in [0.3, 0.4) is 0 Å². The number of hydrogen-bond donors (Lipinski definition) is 1. The Labute approximate surface area is 142 Å². The maximum atomic E-state index is 12.3. The third kappa shape index (κ3) is 2.89. The third-order valence-electron chi connectivity index (χ3n) is 4.22. The van der Waals surface area contributed by atoms with Crippen LogP contribution in [0, 0.1) is 0 Å². The van der Waals surface area contributed by atoms with Gasteiger partial charge in [-0.1, -0.05) is 11.3 Å². The molecule has 3 aromatic heterocycles. The first-order valence-corrected chi connectivity index (χ1v) is 7.88. The molecule has 2 atom stereocenters. The van der Waals surface area contributed by atoms with Crippen LogP contribution in [-0.4, -0.2) is 59.6 Å². The second kappa shape index (κ2) is 6.10. The quantitative estimate of drug-likeness (QED) is 0.734. The van der Waals surface area contributed by atoms with E-state index in [4.69, 9.17) is 4.42 Å². The molecule has 1 aliphatic heterocycles. The van der Waals surface area contributed by atoms with E-state index in [1.165, 1.54) is 6.26 Å². The molecule has 9 nitrogen and oxygen atoms in total. The molecule has 0 bridgehead atoms. The molecule has 1 fully saturated rings. The molecule has 4 heterocycles. The number of pyridine rings is 1. The van der Waals surface area contributed by atoms with Gasteiger partial charge >= 0.3 is 0 Å². The van der Waals surface area contributed by atoms with E-state index in [9.17, 15) is 9.90 Å². The predicted molar refractivity (Wildman–Crippen MR) is 85.0 cm³/mol. The normalized spacial score (nSPS) is 19.7. The molecule has 9 heteroatoms. The number of likely N-dealkylation sites (tertiary alicyclic amines) is 1. The molecule has 1 N–H and O–H groups in total. The molecule has 1 amide bonds. The van der Waals surface area contributed by atoms with Crippen molar-refractivity contribution in [3.63, 3.8) is 0 Å². The highest BCUT2D eigenvalue weighted by Gasteiger charge is 2.38. The van der Waals surface area contributed by atoms with Crippen LogP contribution in [0.5, 0.6) is 0 Å². The highest BCUT2D eigenvalue weighted by atomic mass is 16.3. The smallest absolute Gasteiger partial charge is 0.276 e. The summed E-state index contributed by atoms with van der Waals surface area (Å²) in [7, 11) is 0. The van der Waals surface area contributed by atoms with Gasteiger partial charge in [0.2, 0.25) is 5.89 Å². The highest BCUT2D eigenvalue weighted by molar-refractivity contribution is 5.92. The molecule has 0 saturated carbocycles. The fraction of sp³-hybridized carbons (Fsp3) is 0.312. The van der Waals surface area contributed by atoms with E-state index in [0.29, 0.717) is 30.4 Å². The van der Waals surface area contributed by atoms with Gasteiger partial charge < -0.3 is 14.4 Å². The lowest BCUT2D eigenvalue weighted by Crippen LogP contribution is -2.60. The molecule has 1 aliphatic rings. The summed E-state index contributed by atoms with van der Waals surface area (Å²) in [4.78, 5) is 22.3. The van der Waals surface area contributed by atoms with Crippen LogP contribution in [0.15, 0.2) is 41.3 Å². The molecular formula is C16H16N6O3. The van der Waals surface area contributed by atoms with Gasteiger partial charge in [0.25, 0.3) is 5.91 Å². The third-order valence-corrected chi connectivity index (χ3v) is 4.22. The Bertz CT molecular complexity index is 890. The number of carbonyl (C=O) groups is 1. The fourth-order valence-corrected chi connectivity index (χ4v) is 2.63. The van der Waals surface area contributed by atoms with Crippen molar-refractivity contribution in [2.45, 2.75) is 25.5 Å². The van der Waals surface area contributed by atoms with Gasteiger partial charge in [0.05, 0.1) is 30.5 Å². The molecule has 0 unspecified atom stereocenters. The summed E-state index contributed by atoms with van der Waals surface area (Å²) < 4.78 is 6.93. The van der Waals surface area contributed by atoms with Crippen LogP contribution in [-0.2, 0) is 6.42 Å². The number of carbonyl (C=O) groups excluding carboxylic acids is 1. The van der Waals surface area contributed by atoms with Gasteiger partial charge in [0, 0.05) is 12.7 Å². The van der Waals surface area contributed by atoms with Gasteiger partial charge in [-0.15, -0.1) is 5.10 Å². The van der Waals surface area contributed by atoms with Crippen molar-refractivity contribution < 1.29 is 14.3 Å². The number of hydrogen-bond acceptors (Lipinski definition) is 7. The van der Waals surface area contributed by atoms with Crippen LogP contribution in [0.2, 0.25) is 0 Å². The van der Waals surface area contributed by atoms with Crippen LogP contribution in [0.25, 0.3) is 5.82 Å². The minimum atomic E-state index is -0.475. The first-order valence-electron chi connectivity index (χ1n) is 7.88. The lowest BCUT2D eigenvalue weighted by atomic mass is 10.0. The molecule has 0 spiro atoms. The van der Waals surface area contributed by atoms with Crippen LogP contribution in [0.1, 0.15) is 29.0 Å². The summed E-state index contributed by atoms with van der Waals surface area (Å²) in [6.07, 6.45) is 4.59. The van der Waals surface area contributed by atoms with Crippen molar-refractivity contribution in [2.75, 3.05) is 6.54 Å². The van der Waals surface area contributed by atoms with Gasteiger partial charge in [0.1, 0.15) is 6.26 Å². The Morgan fingerprint density at radius 3 is 3.04 bits per heavy atom. The minimum Gasteiger partial charge on any atom is -0.448 e. The Morgan fingerprint density at radius 1 is 1.44 bits per heavy atom. The van der Waals surface area contributed by atoms with Gasteiger partial charge in [-0.05, 0) is 19.1 Å². The summed E-state index contributed by atoms with van der Waals surface area (Å²) in [6.45, 7) is 2.11. The Balaban J connectivity index is 1.45. The molecule has 4 rings (SSSR count). The highest BCUT2D eigenvalue weighted by Crippen LogP contribution is 2.20. The van der Waals surface area contributed by atoms with Crippen LogP contribution >= 0.6 is 0 Å². The van der Waals surface area contributed by atoms with Gasteiger partial charge in [0.15, 0.2) is 11.5 Å². The molecule has 128 valence electrons. The van der Waals surface area contributed by atoms with E-state index in [2.05, 4.69) is 20.3 Å². The first kappa shape index (κ1) is 15.5. The van der Waals surface area contributed by atoms with Gasteiger partial charge in [-0.25, -0.2) is 14.6 Å². The Hall–Kier alpha value is -3.07. The van der Waals surface area contributed by atoms with Crippen molar-refractivity contribution in [3.05, 3.63) is 54.1 Å². The van der Waals surface area contributed by atoms with Crippen LogP contribution in [0.4, 0.5) is 0 Å². The van der Waals surface area contributed by atoms with E-state index in [0.717, 1.165) is 0 Å². The Kier molecular flexibility index (Phi) is 3.77. The summed E-state index contributed by atoms with van der Waals surface area (Å²) in [5, 5.41) is 17.6. The average Bonchev–Trinajstić information content (AvgIpc) is 3.29. The largest absolute Gasteiger partial charge is 0.448 e. The zero-order valence-electron chi connectivity index (χ0n) is 13.5. The topological polar surface area (TPSA) is 110 Å². The summed E-state index contributed by atoms with van der Waals surface area (Å²) >= 11 is 0. The van der Waals surface area contributed by atoms with Crippen molar-refractivity contribution in [3.8, 4) is 5.82 Å². The monoisotopic (exact) mass is 340 g/mol. The molecule has 25 heavy (non-hydrogen) atoms. The maximum Gasteiger partial charge on any atom is 0.276 e. The number of rotatable bonds is 4. The maximum absolute atomic E-state index is 12.3. The van der Waals surface area contributed by atoms with Crippen molar-refractivity contribution in [1.29, 1.82) is 0 Å². The zero-order valence-corrected chi connectivity index (χ0v) is 13.5. The van der Waals surface area contributed by atoms with Gasteiger partial charge in [-0.3, -0.25) is 4.79 Å². The second-order valence-corrected chi connectivity index (χ2v) is 5.91. The molecule has 0 aromatic carbocycles. The summed E-state index contributed by atoms with van der Waals surface area (Å²) in [6, 6.07) is 5.31. The number of aliphatic hydroxyl groups excluding tert-OH is 1. The SMILES string of the molecule is C[C@H]1[C@@H](O)CN1C(=O)c1coc(Cc2cn(-c3ccccn3)nn2)n1. The number of β-amino-alcohol motifs (C(OH)–C–C–N with tert-alkyl or cyclic N) is 1. The van der Waals surface area contributed by atoms with E-state index < -0.39 is 6.10 Å². The molecule has 0 aliphatic carbocycles. The average molecular weight is 340 g/mol. The van der Waals surface area contributed by atoms with E-state index in [1.807, 2.05) is 18.2 Å². The number of amides is 1. The van der Waals surface area contributed by atoms with Crippen molar-refractivity contribution in [2.24, 2.45) is 0 Å². The summed E-state index contributed by atoms with van der Waals surface area (Å²) in [5.74, 6) is 0.796. The fourth-order valence-electron chi connectivity index (χ4n) is 2.63. The first-order chi connectivity index (χ1) is 12.1. The predicted octanol–water partition coefficient (Wildman–Crippen LogP) is 0.446. The minimum absolute atomic E-state index is 0.203. The number of aromatic nitrogens is 5. The van der Waals surface area contributed by atoms with Gasteiger partial charge in [-0.2, -0.15) is 0 Å². The molecular weight excluding hydrogens is 324 g/mol. The number of aliphatic hydroxyl groups is 1. The zero-order chi connectivity index (χ0) is 17.4. The molecule has 1 saturated heterocycles.